The van der Waals surface area contributed by atoms with Gasteiger partial charge in [-0.3, -0.25) is 4.98 Å². The number of nitrogens with zero attached hydrogens (tertiary/aromatic N) is 4. The fourth-order valence-corrected chi connectivity index (χ4v) is 3.59. The molecule has 0 fully saturated rings. The van der Waals surface area contributed by atoms with E-state index in [1.165, 1.54) is 5.69 Å². The molecule has 0 radical (unpaired) electrons. The molecule has 2 N–H and O–H groups in total. The lowest BCUT2D eigenvalue weighted by molar-refractivity contribution is 1.12. The van der Waals surface area contributed by atoms with Crippen molar-refractivity contribution in [2.75, 3.05) is 19.0 Å². The Bertz CT molecular complexity index is 1310. The van der Waals surface area contributed by atoms with Gasteiger partial charge in [0.05, 0.1) is 22.8 Å². The third-order valence-corrected chi connectivity index (χ3v) is 5.22. The van der Waals surface area contributed by atoms with Crippen LogP contribution in [0.3, 0.4) is 0 Å². The second-order valence-electron chi connectivity index (χ2n) is 8.00. The lowest BCUT2D eigenvalue weighted by Crippen LogP contribution is -2.07. The summed E-state index contributed by atoms with van der Waals surface area (Å²) < 4.78 is 0. The molecule has 6 rings (SSSR count). The lowest BCUT2D eigenvalue weighted by Gasteiger charge is -2.10. The Kier molecular flexibility index (Phi) is 5.55. The first-order valence-corrected chi connectivity index (χ1v) is 10.7. The highest BCUT2D eigenvalue weighted by molar-refractivity contribution is 5.77. The predicted molar refractivity (Wildman–Crippen MR) is 137 cm³/mol. The number of aromatic amines is 2. The van der Waals surface area contributed by atoms with Gasteiger partial charge < -0.3 is 14.9 Å². The average molecular weight is 433 g/mol. The minimum Gasteiger partial charge on any atom is -0.378 e. The molecule has 0 amide bonds. The molecule has 6 heterocycles. The van der Waals surface area contributed by atoms with Crippen LogP contribution in [0.25, 0.3) is 46.4 Å². The van der Waals surface area contributed by atoms with Crippen LogP contribution >= 0.6 is 0 Å². The monoisotopic (exact) mass is 432 g/mol. The number of hydrogen-bond acceptors (Lipinski definition) is 4. The van der Waals surface area contributed by atoms with Crippen LogP contribution < -0.4 is 4.90 Å². The van der Waals surface area contributed by atoms with Crippen molar-refractivity contribution in [1.29, 1.82) is 0 Å². The zero-order chi connectivity index (χ0) is 22.6. The van der Waals surface area contributed by atoms with Crippen molar-refractivity contribution in [1.82, 2.24) is 24.9 Å². The van der Waals surface area contributed by atoms with Crippen molar-refractivity contribution in [2.45, 2.75) is 0 Å². The molecule has 4 aromatic rings. The first-order chi connectivity index (χ1) is 16.1. The number of aromatic nitrogens is 5. The molecular weight excluding hydrogens is 408 g/mol. The minimum absolute atomic E-state index is 0.939. The zero-order valence-electron chi connectivity index (χ0n) is 18.5. The molecule has 0 spiro atoms. The summed E-state index contributed by atoms with van der Waals surface area (Å²) in [5, 5.41) is 0. The van der Waals surface area contributed by atoms with Gasteiger partial charge in [0.25, 0.3) is 0 Å². The summed E-state index contributed by atoms with van der Waals surface area (Å²) in [6.07, 6.45) is 11.7. The predicted octanol–water partition coefficient (Wildman–Crippen LogP) is 5.80. The number of H-pyrrole nitrogens is 2. The normalized spacial score (nSPS) is 11.7. The van der Waals surface area contributed by atoms with Crippen molar-refractivity contribution >= 4 is 52.1 Å². The van der Waals surface area contributed by atoms with E-state index in [2.05, 4.69) is 49.2 Å². The van der Waals surface area contributed by atoms with Crippen LogP contribution in [-0.2, 0) is 0 Å². The Labute approximate surface area is 192 Å². The van der Waals surface area contributed by atoms with Crippen LogP contribution in [0.2, 0.25) is 0 Å². The Balaban J connectivity index is 0.000000215. The van der Waals surface area contributed by atoms with E-state index in [1.807, 2.05) is 79.7 Å². The Hall–Kier alpha value is -4.45. The maximum Gasteiger partial charge on any atom is 0.0658 e. The van der Waals surface area contributed by atoms with E-state index in [1.54, 1.807) is 12.4 Å². The highest BCUT2D eigenvalue weighted by atomic mass is 15.1. The molecule has 2 aliphatic rings. The van der Waals surface area contributed by atoms with Crippen LogP contribution in [0.4, 0.5) is 5.69 Å². The van der Waals surface area contributed by atoms with Crippen molar-refractivity contribution in [3.05, 3.63) is 95.8 Å². The Morgan fingerprint density at radius 1 is 0.545 bits per heavy atom. The smallest absolute Gasteiger partial charge is 0.0658 e. The van der Waals surface area contributed by atoms with Crippen molar-refractivity contribution in [2.24, 2.45) is 0 Å². The third kappa shape index (κ3) is 5.07. The van der Waals surface area contributed by atoms with E-state index < -0.39 is 0 Å². The van der Waals surface area contributed by atoms with E-state index in [0.29, 0.717) is 0 Å². The van der Waals surface area contributed by atoms with Gasteiger partial charge >= 0.3 is 0 Å². The fourth-order valence-electron chi connectivity index (χ4n) is 3.59. The number of fused-ring (bicyclic) bond motifs is 8. The summed E-state index contributed by atoms with van der Waals surface area (Å²) in [4.78, 5) is 22.0. The molecule has 0 aromatic carbocycles. The standard InChI is InChI=1S/C20H14N4.C7H10N2/c1-2-14-10-16-5-6-18(23-16)12-20-8-7-19(24-20)11-17-4-3-15(22-17)9-13(1)21-14;1-9(2)7-3-5-8-6-4-7/h1-12,21,24H;3-6H,1-2H3. The molecule has 0 atom stereocenters. The van der Waals surface area contributed by atoms with Gasteiger partial charge in [0, 0.05) is 54.2 Å². The van der Waals surface area contributed by atoms with Crippen LogP contribution in [0.15, 0.2) is 73.1 Å². The summed E-state index contributed by atoms with van der Waals surface area (Å²) in [7, 11) is 4.02. The van der Waals surface area contributed by atoms with E-state index in [-0.39, 0.29) is 0 Å². The topological polar surface area (TPSA) is 73.5 Å². The summed E-state index contributed by atoms with van der Waals surface area (Å²) in [5.41, 5.74) is 9.05. The summed E-state index contributed by atoms with van der Waals surface area (Å²) in [6, 6.07) is 20.3. The van der Waals surface area contributed by atoms with Crippen molar-refractivity contribution < 1.29 is 0 Å². The molecular formula is C27H24N6. The average Bonchev–Trinajstić information content (AvgIpc) is 3.61. The van der Waals surface area contributed by atoms with Gasteiger partial charge in [0.2, 0.25) is 0 Å². The quantitative estimate of drug-likeness (QED) is 0.344. The van der Waals surface area contributed by atoms with Crippen LogP contribution in [0.5, 0.6) is 0 Å². The second-order valence-corrected chi connectivity index (χ2v) is 8.00. The van der Waals surface area contributed by atoms with E-state index >= 15 is 0 Å². The second kappa shape index (κ2) is 8.96. The molecule has 6 nitrogen and oxygen atoms in total. The Morgan fingerprint density at radius 3 is 1.21 bits per heavy atom. The molecule has 0 saturated heterocycles. The number of anilines is 1. The molecule has 2 aliphatic heterocycles. The maximum absolute atomic E-state index is 4.63. The van der Waals surface area contributed by atoms with E-state index in [4.69, 9.17) is 0 Å². The van der Waals surface area contributed by atoms with Gasteiger partial charge in [-0.15, -0.1) is 0 Å². The molecule has 8 bridgehead atoms. The number of nitrogens with one attached hydrogen (secondary N) is 2. The molecule has 0 saturated carbocycles. The first-order valence-electron chi connectivity index (χ1n) is 10.7. The van der Waals surface area contributed by atoms with Crippen LogP contribution in [0, 0.1) is 0 Å². The zero-order valence-corrected chi connectivity index (χ0v) is 18.5. The molecule has 0 aliphatic carbocycles. The van der Waals surface area contributed by atoms with Crippen molar-refractivity contribution in [3.8, 4) is 0 Å². The van der Waals surface area contributed by atoms with Crippen molar-refractivity contribution in [3.63, 3.8) is 0 Å². The first kappa shape index (κ1) is 20.5. The van der Waals surface area contributed by atoms with Gasteiger partial charge in [-0.2, -0.15) is 0 Å². The maximum atomic E-state index is 4.63. The molecule has 4 aromatic heterocycles. The Morgan fingerprint density at radius 2 is 0.909 bits per heavy atom. The highest BCUT2D eigenvalue weighted by Crippen LogP contribution is 2.17. The van der Waals surface area contributed by atoms with Crippen LogP contribution in [-0.4, -0.2) is 39.0 Å². The molecule has 0 unspecified atom stereocenters. The highest BCUT2D eigenvalue weighted by Gasteiger charge is 2.01. The van der Waals surface area contributed by atoms with Gasteiger partial charge in [-0.1, -0.05) is 0 Å². The SMILES string of the molecule is C1=Cc2cc3ccc(cc4nc(cc5ccc(cc1n2)[nH]5)C=C4)[nH]3.CN(C)c1ccncc1. The molecule has 6 heteroatoms. The van der Waals surface area contributed by atoms with Gasteiger partial charge in [0.1, 0.15) is 0 Å². The molecule has 33 heavy (non-hydrogen) atoms. The van der Waals surface area contributed by atoms with Crippen LogP contribution in [0.1, 0.15) is 22.8 Å². The third-order valence-electron chi connectivity index (χ3n) is 5.22. The van der Waals surface area contributed by atoms with Gasteiger partial charge in [-0.25, -0.2) is 9.97 Å². The van der Waals surface area contributed by atoms with E-state index in [9.17, 15) is 0 Å². The molecule has 162 valence electrons. The van der Waals surface area contributed by atoms with Gasteiger partial charge in [-0.05, 0) is 85.0 Å². The number of rotatable bonds is 1. The lowest BCUT2D eigenvalue weighted by atomic mass is 10.3. The summed E-state index contributed by atoms with van der Waals surface area (Å²) in [5.74, 6) is 0. The van der Waals surface area contributed by atoms with Gasteiger partial charge in [0.15, 0.2) is 0 Å². The number of hydrogen-bond donors (Lipinski definition) is 2. The van der Waals surface area contributed by atoms with E-state index in [0.717, 1.165) is 44.8 Å². The summed E-state index contributed by atoms with van der Waals surface area (Å²) >= 11 is 0. The largest absolute Gasteiger partial charge is 0.378 e. The number of pyridine rings is 1. The fraction of sp³-hybridized carbons (Fsp3) is 0.0741. The minimum atomic E-state index is 0.939. The summed E-state index contributed by atoms with van der Waals surface area (Å²) in [6.45, 7) is 0.